The van der Waals surface area contributed by atoms with Crippen molar-refractivity contribution in [2.45, 2.75) is 46.1 Å². The molecule has 96 valence electrons. The van der Waals surface area contributed by atoms with E-state index in [1.54, 1.807) is 0 Å². The third-order valence-corrected chi connectivity index (χ3v) is 3.23. The van der Waals surface area contributed by atoms with Crippen LogP contribution in [0.15, 0.2) is 0 Å². The van der Waals surface area contributed by atoms with E-state index in [2.05, 4.69) is 5.32 Å². The Hall–Kier alpha value is -0.610. The minimum atomic E-state index is -0.450. The number of rotatable bonds is 8. The molecule has 0 aromatic rings. The van der Waals surface area contributed by atoms with Gasteiger partial charge in [0.2, 0.25) is 5.91 Å². The number of aliphatic hydroxyl groups excluding tert-OH is 1. The van der Waals surface area contributed by atoms with Crippen molar-refractivity contribution in [1.29, 1.82) is 0 Å². The molecule has 0 bridgehead atoms. The Bertz CT molecular complexity index is 189. The van der Waals surface area contributed by atoms with E-state index in [9.17, 15) is 9.90 Å². The Kier molecular flexibility index (Phi) is 8.21. The van der Waals surface area contributed by atoms with E-state index in [1.807, 2.05) is 20.8 Å². The van der Waals surface area contributed by atoms with E-state index in [0.717, 1.165) is 19.3 Å². The summed E-state index contributed by atoms with van der Waals surface area (Å²) in [6.45, 7) is 6.74. The van der Waals surface area contributed by atoms with Gasteiger partial charge in [-0.1, -0.05) is 33.6 Å². The van der Waals surface area contributed by atoms with Crippen LogP contribution in [0.25, 0.3) is 0 Å². The van der Waals surface area contributed by atoms with Crippen LogP contribution in [0.2, 0.25) is 0 Å². The molecule has 0 aliphatic carbocycles. The average Bonchev–Trinajstić information content (AvgIpc) is 2.29. The third kappa shape index (κ3) is 4.94. The van der Waals surface area contributed by atoms with Crippen molar-refractivity contribution in [2.24, 2.45) is 17.6 Å². The molecule has 0 fully saturated rings. The standard InChI is InChI=1S/C12H26N2O2/c1-4-9(5-2)11(15)8-14-12(16)10(6-3)7-13/h9-11,15H,4-8,13H2,1-3H3,(H,14,16). The van der Waals surface area contributed by atoms with Crippen molar-refractivity contribution in [3.63, 3.8) is 0 Å². The van der Waals surface area contributed by atoms with Gasteiger partial charge in [0, 0.05) is 19.0 Å². The summed E-state index contributed by atoms with van der Waals surface area (Å²) in [6, 6.07) is 0. The SMILES string of the molecule is CCC(CN)C(=O)NCC(O)C(CC)CC. The number of amides is 1. The van der Waals surface area contributed by atoms with E-state index in [1.165, 1.54) is 0 Å². The van der Waals surface area contributed by atoms with Crippen LogP contribution in [-0.2, 0) is 4.79 Å². The van der Waals surface area contributed by atoms with Crippen LogP contribution in [0.4, 0.5) is 0 Å². The largest absolute Gasteiger partial charge is 0.391 e. The van der Waals surface area contributed by atoms with Crippen LogP contribution in [0, 0.1) is 11.8 Å². The van der Waals surface area contributed by atoms with Gasteiger partial charge in [-0.3, -0.25) is 4.79 Å². The van der Waals surface area contributed by atoms with Crippen molar-refractivity contribution in [3.8, 4) is 0 Å². The van der Waals surface area contributed by atoms with Crippen LogP contribution < -0.4 is 11.1 Å². The summed E-state index contributed by atoms with van der Waals surface area (Å²) >= 11 is 0. The van der Waals surface area contributed by atoms with Gasteiger partial charge >= 0.3 is 0 Å². The summed E-state index contributed by atoms with van der Waals surface area (Å²) in [7, 11) is 0. The van der Waals surface area contributed by atoms with E-state index in [-0.39, 0.29) is 17.7 Å². The first-order valence-corrected chi connectivity index (χ1v) is 6.26. The van der Waals surface area contributed by atoms with Crippen molar-refractivity contribution < 1.29 is 9.90 Å². The molecule has 2 unspecified atom stereocenters. The predicted molar refractivity (Wildman–Crippen MR) is 65.9 cm³/mol. The van der Waals surface area contributed by atoms with E-state index in [4.69, 9.17) is 5.73 Å². The third-order valence-electron chi connectivity index (χ3n) is 3.23. The van der Waals surface area contributed by atoms with Crippen LogP contribution in [0.5, 0.6) is 0 Å². The second kappa shape index (κ2) is 8.53. The van der Waals surface area contributed by atoms with E-state index < -0.39 is 6.10 Å². The highest BCUT2D eigenvalue weighted by Gasteiger charge is 2.19. The topological polar surface area (TPSA) is 75.4 Å². The summed E-state index contributed by atoms with van der Waals surface area (Å²) in [4.78, 5) is 11.6. The molecule has 0 aliphatic rings. The van der Waals surface area contributed by atoms with Crippen LogP contribution in [0.1, 0.15) is 40.0 Å². The molecule has 4 N–H and O–H groups in total. The number of carbonyl (C=O) groups is 1. The lowest BCUT2D eigenvalue weighted by Gasteiger charge is -2.21. The Labute approximate surface area is 98.6 Å². The number of carbonyl (C=O) groups excluding carboxylic acids is 1. The molecule has 0 saturated carbocycles. The fourth-order valence-electron chi connectivity index (χ4n) is 1.81. The molecule has 0 saturated heterocycles. The van der Waals surface area contributed by atoms with Gasteiger partial charge in [0.15, 0.2) is 0 Å². The van der Waals surface area contributed by atoms with Gasteiger partial charge in [-0.15, -0.1) is 0 Å². The fraction of sp³-hybridized carbons (Fsp3) is 0.917. The highest BCUT2D eigenvalue weighted by molar-refractivity contribution is 5.78. The van der Waals surface area contributed by atoms with Crippen LogP contribution >= 0.6 is 0 Å². The number of hydrogen-bond donors (Lipinski definition) is 3. The van der Waals surface area contributed by atoms with Crippen LogP contribution in [0.3, 0.4) is 0 Å². The quantitative estimate of drug-likeness (QED) is 0.579. The Morgan fingerprint density at radius 3 is 2.19 bits per heavy atom. The molecular formula is C12H26N2O2. The molecule has 2 atom stereocenters. The van der Waals surface area contributed by atoms with Gasteiger partial charge in [-0.2, -0.15) is 0 Å². The molecule has 0 rings (SSSR count). The monoisotopic (exact) mass is 230 g/mol. The second-order valence-corrected chi connectivity index (χ2v) is 4.23. The fourth-order valence-corrected chi connectivity index (χ4v) is 1.81. The zero-order valence-corrected chi connectivity index (χ0v) is 10.7. The van der Waals surface area contributed by atoms with Crippen LogP contribution in [-0.4, -0.2) is 30.2 Å². The lowest BCUT2D eigenvalue weighted by molar-refractivity contribution is -0.125. The maximum Gasteiger partial charge on any atom is 0.224 e. The number of aliphatic hydroxyl groups is 1. The number of nitrogens with two attached hydrogens (primary N) is 1. The normalized spacial score (nSPS) is 14.9. The Morgan fingerprint density at radius 2 is 1.81 bits per heavy atom. The highest BCUT2D eigenvalue weighted by atomic mass is 16.3. The first kappa shape index (κ1) is 15.4. The molecule has 0 aromatic carbocycles. The molecule has 0 heterocycles. The average molecular weight is 230 g/mol. The zero-order chi connectivity index (χ0) is 12.6. The summed E-state index contributed by atoms with van der Waals surface area (Å²) in [5, 5.41) is 12.6. The van der Waals surface area contributed by atoms with Crippen molar-refractivity contribution in [3.05, 3.63) is 0 Å². The minimum absolute atomic E-state index is 0.0463. The second-order valence-electron chi connectivity index (χ2n) is 4.23. The molecule has 4 heteroatoms. The lowest BCUT2D eigenvalue weighted by Crippen LogP contribution is -2.40. The summed E-state index contributed by atoms with van der Waals surface area (Å²) in [6.07, 6.45) is 2.15. The zero-order valence-electron chi connectivity index (χ0n) is 10.7. The summed E-state index contributed by atoms with van der Waals surface area (Å²) in [5.74, 6) is 0.0853. The van der Waals surface area contributed by atoms with E-state index in [0.29, 0.717) is 13.1 Å². The molecule has 4 nitrogen and oxygen atoms in total. The summed E-state index contributed by atoms with van der Waals surface area (Å²) in [5.41, 5.74) is 5.48. The first-order chi connectivity index (χ1) is 7.60. The van der Waals surface area contributed by atoms with Gasteiger partial charge in [0.05, 0.1) is 6.10 Å². The van der Waals surface area contributed by atoms with Gasteiger partial charge in [-0.05, 0) is 12.3 Å². The Balaban J connectivity index is 3.99. The van der Waals surface area contributed by atoms with Crippen molar-refractivity contribution in [1.82, 2.24) is 5.32 Å². The first-order valence-electron chi connectivity index (χ1n) is 6.26. The highest BCUT2D eigenvalue weighted by Crippen LogP contribution is 2.12. The number of hydrogen-bond acceptors (Lipinski definition) is 3. The lowest BCUT2D eigenvalue weighted by atomic mass is 9.96. The maximum atomic E-state index is 11.6. The smallest absolute Gasteiger partial charge is 0.224 e. The molecule has 1 amide bonds. The molecule has 0 radical (unpaired) electrons. The van der Waals surface area contributed by atoms with Crippen molar-refractivity contribution >= 4 is 5.91 Å². The van der Waals surface area contributed by atoms with Gasteiger partial charge in [0.1, 0.15) is 0 Å². The Morgan fingerprint density at radius 1 is 1.25 bits per heavy atom. The van der Waals surface area contributed by atoms with Crippen molar-refractivity contribution in [2.75, 3.05) is 13.1 Å². The molecular weight excluding hydrogens is 204 g/mol. The van der Waals surface area contributed by atoms with Gasteiger partial charge < -0.3 is 16.2 Å². The molecule has 0 aliphatic heterocycles. The summed E-state index contributed by atoms with van der Waals surface area (Å²) < 4.78 is 0. The molecule has 0 spiro atoms. The maximum absolute atomic E-state index is 11.6. The van der Waals surface area contributed by atoms with E-state index >= 15 is 0 Å². The van der Waals surface area contributed by atoms with Gasteiger partial charge in [0.25, 0.3) is 0 Å². The predicted octanol–water partition coefficient (Wildman–Crippen LogP) is 0.885. The number of nitrogens with one attached hydrogen (secondary N) is 1. The molecule has 0 aromatic heterocycles. The van der Waals surface area contributed by atoms with Gasteiger partial charge in [-0.25, -0.2) is 0 Å². The minimum Gasteiger partial charge on any atom is -0.391 e. The molecule has 16 heavy (non-hydrogen) atoms.